The second-order valence-corrected chi connectivity index (χ2v) is 5.47. The van der Waals surface area contributed by atoms with Crippen molar-refractivity contribution >= 4 is 11.9 Å². The number of nitrogens with one attached hydrogen (secondary N) is 1. The van der Waals surface area contributed by atoms with E-state index in [1.807, 2.05) is 4.90 Å². The SMILES string of the molecule is C[C@H](NC(=O)CN(CCCCCO)CCCCCO)C(=O)O. The van der Waals surface area contributed by atoms with E-state index >= 15 is 0 Å². The van der Waals surface area contributed by atoms with E-state index < -0.39 is 12.0 Å². The predicted molar refractivity (Wildman–Crippen MR) is 83.6 cm³/mol. The van der Waals surface area contributed by atoms with Crippen molar-refractivity contribution in [1.29, 1.82) is 0 Å². The maximum atomic E-state index is 11.8. The van der Waals surface area contributed by atoms with Gasteiger partial charge in [0, 0.05) is 13.2 Å². The van der Waals surface area contributed by atoms with Crippen LogP contribution in [0.2, 0.25) is 0 Å². The average Bonchev–Trinajstić information content (AvgIpc) is 2.47. The van der Waals surface area contributed by atoms with Crippen LogP contribution in [0.15, 0.2) is 0 Å². The number of aliphatic carboxylic acids is 1. The van der Waals surface area contributed by atoms with E-state index in [4.69, 9.17) is 15.3 Å². The fourth-order valence-electron chi connectivity index (χ4n) is 2.07. The second kappa shape index (κ2) is 13.5. The lowest BCUT2D eigenvalue weighted by Gasteiger charge is -2.22. The van der Waals surface area contributed by atoms with Gasteiger partial charge in [0.25, 0.3) is 0 Å². The average molecular weight is 318 g/mol. The summed E-state index contributed by atoms with van der Waals surface area (Å²) >= 11 is 0. The first-order chi connectivity index (χ1) is 10.5. The van der Waals surface area contributed by atoms with Crippen molar-refractivity contribution in [3.05, 3.63) is 0 Å². The Labute approximate surface area is 132 Å². The monoisotopic (exact) mass is 318 g/mol. The number of rotatable bonds is 14. The molecular weight excluding hydrogens is 288 g/mol. The summed E-state index contributed by atoms with van der Waals surface area (Å²) in [6.07, 6.45) is 5.08. The molecule has 0 rings (SSSR count). The van der Waals surface area contributed by atoms with Crippen LogP contribution < -0.4 is 5.32 Å². The van der Waals surface area contributed by atoms with Gasteiger partial charge in [-0.1, -0.05) is 0 Å². The molecule has 0 aromatic heterocycles. The standard InChI is InChI=1S/C15H30N2O5/c1-13(15(21)22)16-14(20)12-17(8-4-2-6-10-18)9-5-3-7-11-19/h13,18-19H,2-12H2,1H3,(H,16,20)(H,21,22)/t13-/m0/s1. The molecule has 0 aromatic rings. The molecule has 130 valence electrons. The number of hydrogen-bond acceptors (Lipinski definition) is 5. The number of carbonyl (C=O) groups excluding carboxylic acids is 1. The Hall–Kier alpha value is -1.18. The lowest BCUT2D eigenvalue weighted by molar-refractivity contribution is -0.141. The van der Waals surface area contributed by atoms with Gasteiger partial charge in [-0.15, -0.1) is 0 Å². The van der Waals surface area contributed by atoms with Crippen LogP contribution in [0, 0.1) is 0 Å². The minimum absolute atomic E-state index is 0.174. The minimum atomic E-state index is -1.05. The van der Waals surface area contributed by atoms with E-state index in [1.165, 1.54) is 6.92 Å². The van der Waals surface area contributed by atoms with Gasteiger partial charge in [0.2, 0.25) is 5.91 Å². The van der Waals surface area contributed by atoms with Crippen molar-refractivity contribution in [3.63, 3.8) is 0 Å². The van der Waals surface area contributed by atoms with E-state index in [0.29, 0.717) is 0 Å². The first kappa shape index (κ1) is 20.8. The summed E-state index contributed by atoms with van der Waals surface area (Å²) in [4.78, 5) is 24.6. The molecule has 0 aliphatic heterocycles. The van der Waals surface area contributed by atoms with Crippen molar-refractivity contribution in [1.82, 2.24) is 10.2 Å². The molecule has 0 aromatic carbocycles. The van der Waals surface area contributed by atoms with Crippen LogP contribution in [0.4, 0.5) is 0 Å². The Balaban J connectivity index is 4.18. The van der Waals surface area contributed by atoms with Gasteiger partial charge in [0.05, 0.1) is 6.54 Å². The van der Waals surface area contributed by atoms with Crippen molar-refractivity contribution in [2.75, 3.05) is 32.8 Å². The second-order valence-electron chi connectivity index (χ2n) is 5.47. The third-order valence-electron chi connectivity index (χ3n) is 3.38. The Morgan fingerprint density at radius 2 is 1.45 bits per heavy atom. The summed E-state index contributed by atoms with van der Waals surface area (Å²) in [5.74, 6) is -1.34. The van der Waals surface area contributed by atoms with E-state index in [1.54, 1.807) is 0 Å². The highest BCUT2D eigenvalue weighted by Crippen LogP contribution is 2.03. The number of aliphatic hydroxyl groups is 2. The van der Waals surface area contributed by atoms with Gasteiger partial charge in [-0.2, -0.15) is 0 Å². The molecule has 1 atom stereocenters. The number of hydrogen-bond donors (Lipinski definition) is 4. The molecule has 0 spiro atoms. The molecular formula is C15H30N2O5. The largest absolute Gasteiger partial charge is 0.480 e. The molecule has 7 heteroatoms. The van der Waals surface area contributed by atoms with E-state index in [9.17, 15) is 9.59 Å². The first-order valence-electron chi connectivity index (χ1n) is 7.97. The summed E-state index contributed by atoms with van der Waals surface area (Å²) in [5, 5.41) is 28.8. The van der Waals surface area contributed by atoms with Gasteiger partial charge in [0.1, 0.15) is 6.04 Å². The molecule has 0 bridgehead atoms. The minimum Gasteiger partial charge on any atom is -0.480 e. The Morgan fingerprint density at radius 3 is 1.86 bits per heavy atom. The predicted octanol–water partition coefficient (Wildman–Crippen LogP) is 0.203. The quantitative estimate of drug-likeness (QED) is 0.341. The Bertz CT molecular complexity index is 300. The number of carbonyl (C=O) groups is 2. The molecule has 0 aliphatic rings. The summed E-state index contributed by atoms with van der Waals surface area (Å²) in [7, 11) is 0. The Kier molecular flexibility index (Phi) is 12.8. The number of aliphatic hydroxyl groups excluding tert-OH is 2. The smallest absolute Gasteiger partial charge is 0.325 e. The van der Waals surface area contributed by atoms with Crippen molar-refractivity contribution in [2.24, 2.45) is 0 Å². The lowest BCUT2D eigenvalue weighted by atomic mass is 10.2. The van der Waals surface area contributed by atoms with Crippen LogP contribution in [-0.4, -0.2) is 71.0 Å². The zero-order chi connectivity index (χ0) is 16.8. The molecule has 7 nitrogen and oxygen atoms in total. The fourth-order valence-corrected chi connectivity index (χ4v) is 2.07. The molecule has 0 heterocycles. The number of carboxylic acids is 1. The van der Waals surface area contributed by atoms with Crippen LogP contribution in [0.3, 0.4) is 0 Å². The summed E-state index contributed by atoms with van der Waals surface area (Å²) in [5.41, 5.74) is 0. The van der Waals surface area contributed by atoms with Gasteiger partial charge in [0.15, 0.2) is 0 Å². The van der Waals surface area contributed by atoms with Gasteiger partial charge in [-0.25, -0.2) is 0 Å². The zero-order valence-electron chi connectivity index (χ0n) is 13.5. The van der Waals surface area contributed by atoms with E-state index in [-0.39, 0.29) is 25.7 Å². The number of amides is 1. The molecule has 0 saturated carbocycles. The van der Waals surface area contributed by atoms with Crippen LogP contribution in [0.5, 0.6) is 0 Å². The number of unbranched alkanes of at least 4 members (excludes halogenated alkanes) is 4. The fraction of sp³-hybridized carbons (Fsp3) is 0.867. The highest BCUT2D eigenvalue weighted by Gasteiger charge is 2.16. The van der Waals surface area contributed by atoms with Crippen LogP contribution in [-0.2, 0) is 9.59 Å². The van der Waals surface area contributed by atoms with Gasteiger partial charge >= 0.3 is 5.97 Å². The number of nitrogens with zero attached hydrogens (tertiary/aromatic N) is 1. The van der Waals surface area contributed by atoms with Crippen LogP contribution >= 0.6 is 0 Å². The highest BCUT2D eigenvalue weighted by molar-refractivity contribution is 5.84. The van der Waals surface area contributed by atoms with Gasteiger partial charge < -0.3 is 20.6 Å². The summed E-state index contributed by atoms with van der Waals surface area (Å²) < 4.78 is 0. The van der Waals surface area contributed by atoms with Crippen molar-refractivity contribution in [2.45, 2.75) is 51.5 Å². The zero-order valence-corrected chi connectivity index (χ0v) is 13.5. The van der Waals surface area contributed by atoms with Crippen LogP contribution in [0.1, 0.15) is 45.4 Å². The summed E-state index contributed by atoms with van der Waals surface area (Å²) in [6.45, 7) is 3.45. The molecule has 22 heavy (non-hydrogen) atoms. The van der Waals surface area contributed by atoms with Crippen LogP contribution in [0.25, 0.3) is 0 Å². The van der Waals surface area contributed by atoms with E-state index in [2.05, 4.69) is 5.32 Å². The molecule has 4 N–H and O–H groups in total. The molecule has 0 saturated heterocycles. The van der Waals surface area contributed by atoms with Crippen molar-refractivity contribution in [3.8, 4) is 0 Å². The van der Waals surface area contributed by atoms with E-state index in [0.717, 1.165) is 51.6 Å². The maximum Gasteiger partial charge on any atom is 0.325 e. The molecule has 0 fully saturated rings. The normalized spacial score (nSPS) is 12.4. The summed E-state index contributed by atoms with van der Waals surface area (Å²) in [6, 6.07) is -0.891. The third-order valence-corrected chi connectivity index (χ3v) is 3.38. The molecule has 1 amide bonds. The van der Waals surface area contributed by atoms with Gasteiger partial charge in [-0.3, -0.25) is 14.5 Å². The Morgan fingerprint density at radius 1 is 0.955 bits per heavy atom. The van der Waals surface area contributed by atoms with Gasteiger partial charge in [-0.05, 0) is 58.5 Å². The molecule has 0 aliphatic carbocycles. The highest BCUT2D eigenvalue weighted by atomic mass is 16.4. The topological polar surface area (TPSA) is 110 Å². The number of carboxylic acid groups (broad SMARTS) is 1. The molecule has 0 unspecified atom stereocenters. The van der Waals surface area contributed by atoms with Crippen molar-refractivity contribution < 1.29 is 24.9 Å². The lowest BCUT2D eigenvalue weighted by Crippen LogP contribution is -2.44. The first-order valence-corrected chi connectivity index (χ1v) is 7.97. The maximum absolute atomic E-state index is 11.8. The third kappa shape index (κ3) is 11.5. The molecule has 0 radical (unpaired) electrons.